The number of ketones is 1. The van der Waals surface area contributed by atoms with Gasteiger partial charge in [0.1, 0.15) is 16.8 Å². The van der Waals surface area contributed by atoms with Gasteiger partial charge in [-0.15, -0.1) is 0 Å². The van der Waals surface area contributed by atoms with Gasteiger partial charge in [-0.3, -0.25) is 9.20 Å². The van der Waals surface area contributed by atoms with E-state index in [-0.39, 0.29) is 11.3 Å². The maximum absolute atomic E-state index is 13.8. The number of hydrogen-bond donors (Lipinski definition) is 1. The number of pyridine rings is 1. The molecule has 4 aromatic rings. The van der Waals surface area contributed by atoms with E-state index in [4.69, 9.17) is 11.6 Å². The third-order valence-corrected chi connectivity index (χ3v) is 5.58. The Balaban J connectivity index is 1.68. The van der Waals surface area contributed by atoms with Crippen LogP contribution in [0.3, 0.4) is 0 Å². The Morgan fingerprint density at radius 2 is 1.47 bits per heavy atom. The summed E-state index contributed by atoms with van der Waals surface area (Å²) in [4.78, 5) is 12.2. The van der Waals surface area contributed by atoms with Gasteiger partial charge in [-0.2, -0.15) is 26.3 Å². The van der Waals surface area contributed by atoms with E-state index in [1.807, 2.05) is 0 Å². The Morgan fingerprint density at radius 1 is 0.861 bits per heavy atom. The fourth-order valence-electron chi connectivity index (χ4n) is 3.71. The van der Waals surface area contributed by atoms with E-state index in [2.05, 4.69) is 5.32 Å². The molecule has 2 heterocycles. The molecule has 12 heteroatoms. The molecule has 0 spiro atoms. The van der Waals surface area contributed by atoms with Crippen molar-refractivity contribution in [1.82, 2.24) is 4.40 Å². The molecule has 0 bridgehead atoms. The molecule has 0 radical (unpaired) electrons. The molecule has 2 aromatic carbocycles. The third kappa shape index (κ3) is 4.88. The first-order chi connectivity index (χ1) is 16.8. The lowest BCUT2D eigenvalue weighted by Crippen LogP contribution is -2.17. The summed E-state index contributed by atoms with van der Waals surface area (Å²) in [6, 6.07) is 9.70. The molecule has 0 atom stereocenters. The Morgan fingerprint density at radius 3 is 2.03 bits per heavy atom. The SMILES string of the molecule is O=C(CNc1ccc(-c2c(C(F)(F)F)cc3cc(C(F)(F)F)cc(Cl)n23)cc1)c1c(F)cccc1F. The van der Waals surface area contributed by atoms with Crippen molar-refractivity contribution in [2.45, 2.75) is 12.4 Å². The van der Waals surface area contributed by atoms with Crippen molar-refractivity contribution in [3.63, 3.8) is 0 Å². The molecule has 0 saturated heterocycles. The zero-order valence-corrected chi connectivity index (χ0v) is 18.5. The van der Waals surface area contributed by atoms with Gasteiger partial charge in [-0.25, -0.2) is 8.78 Å². The van der Waals surface area contributed by atoms with E-state index < -0.39 is 69.4 Å². The zero-order valence-electron chi connectivity index (χ0n) is 17.7. The summed E-state index contributed by atoms with van der Waals surface area (Å²) in [6.07, 6.45) is -9.72. The van der Waals surface area contributed by atoms with Gasteiger partial charge >= 0.3 is 12.4 Å². The van der Waals surface area contributed by atoms with E-state index in [0.29, 0.717) is 18.2 Å². The van der Waals surface area contributed by atoms with Crippen LogP contribution in [0.15, 0.2) is 60.7 Å². The largest absolute Gasteiger partial charge is 0.418 e. The fraction of sp³-hybridized carbons (Fsp3) is 0.125. The number of carbonyl (C=O) groups is 1. The van der Waals surface area contributed by atoms with E-state index in [0.717, 1.165) is 22.6 Å². The van der Waals surface area contributed by atoms with Crippen LogP contribution in [0, 0.1) is 11.6 Å². The predicted molar refractivity (Wildman–Crippen MR) is 117 cm³/mol. The Hall–Kier alpha value is -3.60. The first-order valence-electron chi connectivity index (χ1n) is 10.1. The van der Waals surface area contributed by atoms with Gasteiger partial charge in [0, 0.05) is 11.2 Å². The first kappa shape index (κ1) is 25.5. The standard InChI is InChI=1S/C24H13ClF8N2O/c25-20-9-13(23(28,29)30)8-15-10-16(24(31,32)33)22(35(15)20)12-4-6-14(7-5-12)34-11-19(36)21-17(26)2-1-3-18(21)27/h1-10,34H,11H2. The maximum atomic E-state index is 13.8. The lowest BCUT2D eigenvalue weighted by molar-refractivity contribution is -0.138. The fourth-order valence-corrected chi connectivity index (χ4v) is 4.01. The summed E-state index contributed by atoms with van der Waals surface area (Å²) in [5.41, 5.74) is -3.80. The smallest absolute Gasteiger partial charge is 0.378 e. The number of halogens is 9. The van der Waals surface area contributed by atoms with Crippen molar-refractivity contribution in [3.8, 4) is 11.3 Å². The number of Topliss-reactive ketones (excluding diaryl/α,β-unsaturated/α-hetero) is 1. The molecule has 0 aliphatic carbocycles. The second-order valence-electron chi connectivity index (χ2n) is 7.68. The summed E-state index contributed by atoms with van der Waals surface area (Å²) in [5, 5.41) is 2.05. The molecule has 0 unspecified atom stereocenters. The molecular weight excluding hydrogens is 520 g/mol. The summed E-state index contributed by atoms with van der Waals surface area (Å²) < 4.78 is 109. The average Bonchev–Trinajstić information content (AvgIpc) is 3.18. The highest BCUT2D eigenvalue weighted by Crippen LogP contribution is 2.42. The van der Waals surface area contributed by atoms with Crippen LogP contribution in [0.4, 0.5) is 40.8 Å². The lowest BCUT2D eigenvalue weighted by atomic mass is 10.1. The van der Waals surface area contributed by atoms with Gasteiger partial charge in [0.05, 0.1) is 28.9 Å². The third-order valence-electron chi connectivity index (χ3n) is 5.31. The summed E-state index contributed by atoms with van der Waals surface area (Å²) in [5.74, 6) is -2.97. The average molecular weight is 533 g/mol. The zero-order chi connectivity index (χ0) is 26.4. The molecular formula is C24H13ClF8N2O. The minimum Gasteiger partial charge on any atom is -0.378 e. The van der Waals surface area contributed by atoms with Crippen LogP contribution in [0.2, 0.25) is 5.15 Å². The van der Waals surface area contributed by atoms with Gasteiger partial charge in [0.15, 0.2) is 5.78 Å². The molecule has 1 N–H and O–H groups in total. The highest BCUT2D eigenvalue weighted by atomic mass is 35.5. The van der Waals surface area contributed by atoms with Crippen molar-refractivity contribution in [3.05, 3.63) is 94.1 Å². The van der Waals surface area contributed by atoms with Crippen molar-refractivity contribution < 1.29 is 39.9 Å². The normalized spacial score (nSPS) is 12.2. The first-order valence-corrected chi connectivity index (χ1v) is 10.5. The van der Waals surface area contributed by atoms with Crippen LogP contribution in [-0.2, 0) is 12.4 Å². The number of fused-ring (bicyclic) bond motifs is 1. The van der Waals surface area contributed by atoms with E-state index in [1.165, 1.54) is 24.3 Å². The number of aromatic nitrogens is 1. The van der Waals surface area contributed by atoms with E-state index in [1.54, 1.807) is 0 Å². The minimum atomic E-state index is -4.91. The van der Waals surface area contributed by atoms with Crippen molar-refractivity contribution in [2.75, 3.05) is 11.9 Å². The number of nitrogens with one attached hydrogen (secondary N) is 1. The summed E-state index contributed by atoms with van der Waals surface area (Å²) >= 11 is 5.97. The number of nitrogens with zero attached hydrogens (tertiary/aromatic N) is 1. The van der Waals surface area contributed by atoms with Gasteiger partial charge in [0.25, 0.3) is 0 Å². The van der Waals surface area contributed by atoms with Crippen LogP contribution in [0.5, 0.6) is 0 Å². The molecule has 0 amide bonds. The van der Waals surface area contributed by atoms with Crippen LogP contribution in [0.1, 0.15) is 21.5 Å². The predicted octanol–water partition coefficient (Wildman–Crippen LogP) is 7.87. The van der Waals surface area contributed by atoms with Crippen LogP contribution in [0.25, 0.3) is 16.8 Å². The summed E-state index contributed by atoms with van der Waals surface area (Å²) in [6.45, 7) is -0.509. The number of benzene rings is 2. The van der Waals surface area contributed by atoms with Crippen LogP contribution in [-0.4, -0.2) is 16.7 Å². The molecule has 3 nitrogen and oxygen atoms in total. The minimum absolute atomic E-state index is 0.0268. The molecule has 0 fully saturated rings. The van der Waals surface area contributed by atoms with Crippen LogP contribution >= 0.6 is 11.6 Å². The molecule has 4 rings (SSSR count). The second kappa shape index (κ2) is 9.12. The van der Waals surface area contributed by atoms with Gasteiger partial charge in [-0.1, -0.05) is 29.8 Å². The molecule has 0 saturated carbocycles. The monoisotopic (exact) mass is 532 g/mol. The van der Waals surface area contributed by atoms with Crippen molar-refractivity contribution >= 4 is 28.6 Å². The number of rotatable bonds is 5. The highest BCUT2D eigenvalue weighted by Gasteiger charge is 2.38. The lowest BCUT2D eigenvalue weighted by Gasteiger charge is -2.13. The number of anilines is 1. The Labute approximate surface area is 202 Å². The van der Waals surface area contributed by atoms with Gasteiger partial charge in [-0.05, 0) is 48.0 Å². The number of hydrogen-bond acceptors (Lipinski definition) is 2. The van der Waals surface area contributed by atoms with Gasteiger partial charge < -0.3 is 5.32 Å². The number of alkyl halides is 6. The van der Waals surface area contributed by atoms with Crippen molar-refractivity contribution in [1.29, 1.82) is 0 Å². The number of carbonyl (C=O) groups excluding carboxylic acids is 1. The summed E-state index contributed by atoms with van der Waals surface area (Å²) in [7, 11) is 0. The van der Waals surface area contributed by atoms with E-state index >= 15 is 0 Å². The molecule has 0 aliphatic heterocycles. The molecule has 188 valence electrons. The maximum Gasteiger partial charge on any atom is 0.418 e. The highest BCUT2D eigenvalue weighted by molar-refractivity contribution is 6.30. The topological polar surface area (TPSA) is 33.5 Å². The Kier molecular flexibility index (Phi) is 6.46. The quantitative estimate of drug-likeness (QED) is 0.161. The molecule has 0 aliphatic rings. The van der Waals surface area contributed by atoms with Gasteiger partial charge in [0.2, 0.25) is 0 Å². The second-order valence-corrected chi connectivity index (χ2v) is 8.07. The van der Waals surface area contributed by atoms with E-state index in [9.17, 15) is 39.9 Å². The van der Waals surface area contributed by atoms with Crippen molar-refractivity contribution in [2.24, 2.45) is 0 Å². The molecule has 2 aromatic heterocycles. The molecule has 36 heavy (non-hydrogen) atoms. The Bertz CT molecular complexity index is 1440. The van der Waals surface area contributed by atoms with Crippen LogP contribution < -0.4 is 5.32 Å².